The highest BCUT2D eigenvalue weighted by Gasteiger charge is 2.44. The van der Waals surface area contributed by atoms with E-state index in [1.54, 1.807) is 0 Å². The Morgan fingerprint density at radius 1 is 1.00 bits per heavy atom. The van der Waals surface area contributed by atoms with Crippen LogP contribution in [0.15, 0.2) is 54.6 Å². The van der Waals surface area contributed by atoms with Gasteiger partial charge in [-0.2, -0.15) is 0 Å². The van der Waals surface area contributed by atoms with Gasteiger partial charge in [0.15, 0.2) is 0 Å². The van der Waals surface area contributed by atoms with Crippen molar-refractivity contribution in [3.63, 3.8) is 0 Å². The van der Waals surface area contributed by atoms with Crippen LogP contribution in [0, 0.1) is 0 Å². The quantitative estimate of drug-likeness (QED) is 0.854. The molecule has 2 aromatic carbocycles. The van der Waals surface area contributed by atoms with Crippen molar-refractivity contribution in [2.24, 2.45) is 0 Å². The Bertz CT molecular complexity index is 597. The van der Waals surface area contributed by atoms with Gasteiger partial charge in [-0.3, -0.25) is 4.90 Å². The summed E-state index contributed by atoms with van der Waals surface area (Å²) in [5.41, 5.74) is 2.84. The average Bonchev–Trinajstić information content (AvgIpc) is 3.09. The summed E-state index contributed by atoms with van der Waals surface area (Å²) < 4.78 is 6.30. The van der Waals surface area contributed by atoms with Gasteiger partial charge in [0.05, 0.1) is 0 Å². The molecule has 1 fully saturated rings. The molecule has 2 heteroatoms. The summed E-state index contributed by atoms with van der Waals surface area (Å²) in [6.07, 6.45) is 3.35. The Morgan fingerprint density at radius 2 is 1.81 bits per heavy atom. The maximum atomic E-state index is 6.30. The van der Waals surface area contributed by atoms with Crippen molar-refractivity contribution in [3.8, 4) is 5.75 Å². The maximum absolute atomic E-state index is 6.30. The topological polar surface area (TPSA) is 12.5 Å². The van der Waals surface area contributed by atoms with Crippen LogP contribution in [0.1, 0.15) is 17.5 Å². The Kier molecular flexibility index (Phi) is 3.19. The van der Waals surface area contributed by atoms with Crippen molar-refractivity contribution >= 4 is 0 Å². The molecule has 4 rings (SSSR count). The second kappa shape index (κ2) is 5.19. The first-order valence-electron chi connectivity index (χ1n) is 7.86. The fourth-order valence-electron chi connectivity index (χ4n) is 3.64. The van der Waals surface area contributed by atoms with Crippen LogP contribution in [0.3, 0.4) is 0 Å². The standard InChI is InChI=1S/C19H21NO/c1-2-6-16(7-3-1)10-12-20-13-11-19(15-20)14-17-8-4-5-9-18(17)21-19/h1-9H,10-15H2. The van der Waals surface area contributed by atoms with Crippen molar-refractivity contribution in [2.45, 2.75) is 24.9 Å². The molecule has 2 nitrogen and oxygen atoms in total. The van der Waals surface area contributed by atoms with Gasteiger partial charge in [-0.1, -0.05) is 48.5 Å². The summed E-state index contributed by atoms with van der Waals surface area (Å²) >= 11 is 0. The Labute approximate surface area is 126 Å². The fourth-order valence-corrected chi connectivity index (χ4v) is 3.64. The molecule has 0 saturated carbocycles. The second-order valence-electron chi connectivity index (χ2n) is 6.33. The first-order valence-corrected chi connectivity index (χ1v) is 7.86. The summed E-state index contributed by atoms with van der Waals surface area (Å²) in [5, 5.41) is 0. The molecule has 0 radical (unpaired) electrons. The van der Waals surface area contributed by atoms with E-state index in [1.807, 2.05) is 0 Å². The molecular formula is C19H21NO. The van der Waals surface area contributed by atoms with E-state index in [1.165, 1.54) is 11.1 Å². The zero-order valence-electron chi connectivity index (χ0n) is 12.3. The maximum Gasteiger partial charge on any atom is 0.127 e. The van der Waals surface area contributed by atoms with Gasteiger partial charge >= 0.3 is 0 Å². The van der Waals surface area contributed by atoms with Gasteiger partial charge in [0.2, 0.25) is 0 Å². The number of hydrogen-bond donors (Lipinski definition) is 0. The summed E-state index contributed by atoms with van der Waals surface area (Å²) in [5.74, 6) is 1.10. The van der Waals surface area contributed by atoms with Crippen LogP contribution in [-0.4, -0.2) is 30.1 Å². The Hall–Kier alpha value is -1.80. The summed E-state index contributed by atoms with van der Waals surface area (Å²) in [6, 6.07) is 19.3. The average molecular weight is 279 g/mol. The molecule has 0 amide bonds. The molecule has 1 atom stereocenters. The molecule has 21 heavy (non-hydrogen) atoms. The monoisotopic (exact) mass is 279 g/mol. The van der Waals surface area contributed by atoms with Gasteiger partial charge in [0, 0.05) is 32.5 Å². The number of rotatable bonds is 3. The lowest BCUT2D eigenvalue weighted by molar-refractivity contribution is 0.102. The molecule has 0 aliphatic carbocycles. The number of para-hydroxylation sites is 1. The number of benzene rings is 2. The third-order valence-electron chi connectivity index (χ3n) is 4.77. The highest BCUT2D eigenvalue weighted by Crippen LogP contribution is 2.40. The molecule has 0 bridgehead atoms. The predicted molar refractivity (Wildman–Crippen MR) is 84.7 cm³/mol. The van der Waals surface area contributed by atoms with Crippen LogP contribution in [0.2, 0.25) is 0 Å². The summed E-state index contributed by atoms with van der Waals surface area (Å²) in [4.78, 5) is 2.55. The molecule has 2 aliphatic rings. The number of ether oxygens (including phenoxy) is 1. The molecule has 108 valence electrons. The molecule has 2 aliphatic heterocycles. The highest BCUT2D eigenvalue weighted by molar-refractivity contribution is 5.39. The molecule has 1 saturated heterocycles. The lowest BCUT2D eigenvalue weighted by Crippen LogP contribution is -2.38. The van der Waals surface area contributed by atoms with Gasteiger partial charge in [0.25, 0.3) is 0 Å². The first kappa shape index (κ1) is 12.9. The van der Waals surface area contributed by atoms with Crippen LogP contribution >= 0.6 is 0 Å². The molecule has 1 spiro atoms. The van der Waals surface area contributed by atoms with Gasteiger partial charge < -0.3 is 4.74 Å². The first-order chi connectivity index (χ1) is 10.3. The molecular weight excluding hydrogens is 258 g/mol. The van der Waals surface area contributed by atoms with Crippen LogP contribution in [0.25, 0.3) is 0 Å². The fraction of sp³-hybridized carbons (Fsp3) is 0.368. The minimum atomic E-state index is 0.0420. The van der Waals surface area contributed by atoms with E-state index in [2.05, 4.69) is 59.5 Å². The number of likely N-dealkylation sites (tertiary alicyclic amines) is 1. The molecule has 0 aromatic heterocycles. The van der Waals surface area contributed by atoms with Crippen molar-refractivity contribution < 1.29 is 4.74 Å². The highest BCUT2D eigenvalue weighted by atomic mass is 16.5. The second-order valence-corrected chi connectivity index (χ2v) is 6.33. The smallest absolute Gasteiger partial charge is 0.127 e. The van der Waals surface area contributed by atoms with Gasteiger partial charge in [-0.15, -0.1) is 0 Å². The Balaban J connectivity index is 1.38. The number of hydrogen-bond acceptors (Lipinski definition) is 2. The zero-order valence-corrected chi connectivity index (χ0v) is 12.3. The van der Waals surface area contributed by atoms with Crippen molar-refractivity contribution in [3.05, 3.63) is 65.7 Å². The molecule has 2 heterocycles. The normalized spacial score (nSPS) is 24.2. The van der Waals surface area contributed by atoms with E-state index >= 15 is 0 Å². The predicted octanol–water partition coefficient (Wildman–Crippen LogP) is 3.31. The van der Waals surface area contributed by atoms with Crippen molar-refractivity contribution in [1.82, 2.24) is 4.90 Å². The van der Waals surface area contributed by atoms with Gasteiger partial charge in [-0.25, -0.2) is 0 Å². The zero-order chi connectivity index (χ0) is 14.1. The van der Waals surface area contributed by atoms with E-state index in [9.17, 15) is 0 Å². The van der Waals surface area contributed by atoms with E-state index in [-0.39, 0.29) is 5.60 Å². The minimum Gasteiger partial charge on any atom is -0.485 e. The molecule has 0 N–H and O–H groups in total. The lowest BCUT2D eigenvalue weighted by Gasteiger charge is -2.24. The number of fused-ring (bicyclic) bond motifs is 1. The van der Waals surface area contributed by atoms with Crippen molar-refractivity contribution in [1.29, 1.82) is 0 Å². The van der Waals surface area contributed by atoms with E-state index in [0.29, 0.717) is 0 Å². The SMILES string of the molecule is c1ccc(CCN2CCC3(Cc4ccccc4O3)C2)cc1. The lowest BCUT2D eigenvalue weighted by atomic mass is 9.96. The molecule has 2 aromatic rings. The Morgan fingerprint density at radius 3 is 2.67 bits per heavy atom. The third-order valence-corrected chi connectivity index (χ3v) is 4.77. The van der Waals surface area contributed by atoms with Crippen LogP contribution in [-0.2, 0) is 12.8 Å². The largest absolute Gasteiger partial charge is 0.485 e. The van der Waals surface area contributed by atoms with Crippen LogP contribution in [0.5, 0.6) is 5.75 Å². The van der Waals surface area contributed by atoms with Gasteiger partial charge in [-0.05, 0) is 23.6 Å². The molecule has 1 unspecified atom stereocenters. The van der Waals surface area contributed by atoms with Crippen LogP contribution < -0.4 is 4.74 Å². The third kappa shape index (κ3) is 2.56. The van der Waals surface area contributed by atoms with Crippen molar-refractivity contribution in [2.75, 3.05) is 19.6 Å². The number of nitrogens with zero attached hydrogens (tertiary/aromatic N) is 1. The van der Waals surface area contributed by atoms with Gasteiger partial charge in [0.1, 0.15) is 11.4 Å². The summed E-state index contributed by atoms with van der Waals surface area (Å²) in [7, 11) is 0. The van der Waals surface area contributed by atoms with Crippen LogP contribution in [0.4, 0.5) is 0 Å². The van der Waals surface area contributed by atoms with E-state index < -0.39 is 0 Å². The van der Waals surface area contributed by atoms with E-state index in [4.69, 9.17) is 4.74 Å². The summed E-state index contributed by atoms with van der Waals surface area (Å²) in [6.45, 7) is 3.35. The minimum absolute atomic E-state index is 0.0420. The van der Waals surface area contributed by atoms with E-state index in [0.717, 1.165) is 44.6 Å².